The third-order valence-electron chi connectivity index (χ3n) is 3.75. The van der Waals surface area contributed by atoms with E-state index in [1.54, 1.807) is 0 Å². The molecule has 1 aliphatic rings. The van der Waals surface area contributed by atoms with Crippen LogP contribution in [0.15, 0.2) is 24.3 Å². The molecule has 0 heterocycles. The standard InChI is InChI=1S/C16H22O/c1-12(2)10-11-16(17)15-9-4-3-8-14(15)13-6-5-7-13/h3-4,8-9,12-13H,5-7,10-11H2,1-2H3. The quantitative estimate of drug-likeness (QED) is 0.677. The average molecular weight is 230 g/mol. The van der Waals surface area contributed by atoms with Crippen LogP contribution in [0.3, 0.4) is 0 Å². The lowest BCUT2D eigenvalue weighted by molar-refractivity contribution is 0.0973. The van der Waals surface area contributed by atoms with Gasteiger partial charge in [-0.15, -0.1) is 0 Å². The minimum Gasteiger partial charge on any atom is -0.294 e. The molecule has 0 N–H and O–H groups in total. The van der Waals surface area contributed by atoms with E-state index in [4.69, 9.17) is 0 Å². The maximum Gasteiger partial charge on any atom is 0.163 e. The minimum absolute atomic E-state index is 0.334. The van der Waals surface area contributed by atoms with Gasteiger partial charge in [0, 0.05) is 12.0 Å². The largest absolute Gasteiger partial charge is 0.294 e. The number of ketones is 1. The van der Waals surface area contributed by atoms with Crippen LogP contribution in [0.25, 0.3) is 0 Å². The van der Waals surface area contributed by atoms with Crippen LogP contribution in [-0.2, 0) is 0 Å². The highest BCUT2D eigenvalue weighted by Crippen LogP contribution is 2.38. The van der Waals surface area contributed by atoms with Gasteiger partial charge in [0.25, 0.3) is 0 Å². The summed E-state index contributed by atoms with van der Waals surface area (Å²) in [4.78, 5) is 12.2. The first-order valence-electron chi connectivity index (χ1n) is 6.80. The lowest BCUT2D eigenvalue weighted by Gasteiger charge is -2.27. The van der Waals surface area contributed by atoms with Gasteiger partial charge >= 0.3 is 0 Å². The first-order valence-corrected chi connectivity index (χ1v) is 6.80. The molecule has 0 bridgehead atoms. The zero-order valence-electron chi connectivity index (χ0n) is 10.9. The van der Waals surface area contributed by atoms with Gasteiger partial charge in [-0.3, -0.25) is 4.79 Å². The molecule has 0 radical (unpaired) electrons. The first-order chi connectivity index (χ1) is 8.18. The minimum atomic E-state index is 0.334. The van der Waals surface area contributed by atoms with E-state index >= 15 is 0 Å². The molecule has 1 saturated carbocycles. The molecule has 2 rings (SSSR count). The summed E-state index contributed by atoms with van der Waals surface area (Å²) in [6.07, 6.45) is 5.53. The third kappa shape index (κ3) is 2.96. The summed E-state index contributed by atoms with van der Waals surface area (Å²) in [6, 6.07) is 8.21. The summed E-state index contributed by atoms with van der Waals surface area (Å²) in [5.41, 5.74) is 2.28. The van der Waals surface area contributed by atoms with Crippen LogP contribution in [0.2, 0.25) is 0 Å². The van der Waals surface area contributed by atoms with Crippen LogP contribution < -0.4 is 0 Å². The van der Waals surface area contributed by atoms with E-state index in [2.05, 4.69) is 26.0 Å². The van der Waals surface area contributed by atoms with Crippen LogP contribution in [0.1, 0.15) is 67.8 Å². The highest BCUT2D eigenvalue weighted by Gasteiger charge is 2.23. The van der Waals surface area contributed by atoms with Gasteiger partial charge in [-0.25, -0.2) is 0 Å². The van der Waals surface area contributed by atoms with Gasteiger partial charge in [-0.05, 0) is 36.7 Å². The van der Waals surface area contributed by atoms with E-state index in [9.17, 15) is 4.79 Å². The normalized spacial score (nSPS) is 15.9. The summed E-state index contributed by atoms with van der Waals surface area (Å²) in [6.45, 7) is 4.34. The third-order valence-corrected chi connectivity index (χ3v) is 3.75. The van der Waals surface area contributed by atoms with Crippen molar-refractivity contribution in [2.75, 3.05) is 0 Å². The number of hydrogen-bond donors (Lipinski definition) is 0. The second-order valence-electron chi connectivity index (χ2n) is 5.57. The average Bonchev–Trinajstić information content (AvgIpc) is 2.24. The molecule has 0 aromatic heterocycles. The van der Waals surface area contributed by atoms with Crippen LogP contribution in [0, 0.1) is 5.92 Å². The fourth-order valence-electron chi connectivity index (χ4n) is 2.38. The summed E-state index contributed by atoms with van der Waals surface area (Å²) < 4.78 is 0. The number of carbonyl (C=O) groups excluding carboxylic acids is 1. The zero-order valence-corrected chi connectivity index (χ0v) is 10.9. The molecule has 0 unspecified atom stereocenters. The smallest absolute Gasteiger partial charge is 0.163 e. The van der Waals surface area contributed by atoms with Crippen molar-refractivity contribution in [3.63, 3.8) is 0 Å². The van der Waals surface area contributed by atoms with Gasteiger partial charge in [0.2, 0.25) is 0 Å². The van der Waals surface area contributed by atoms with Crippen molar-refractivity contribution in [2.45, 2.75) is 51.9 Å². The Kier molecular flexibility index (Phi) is 3.98. The van der Waals surface area contributed by atoms with E-state index in [1.807, 2.05) is 12.1 Å². The second-order valence-corrected chi connectivity index (χ2v) is 5.57. The fourth-order valence-corrected chi connectivity index (χ4v) is 2.38. The molecule has 1 aromatic carbocycles. The molecule has 1 fully saturated rings. The predicted octanol–water partition coefficient (Wildman–Crippen LogP) is 4.57. The molecule has 0 spiro atoms. The van der Waals surface area contributed by atoms with Crippen molar-refractivity contribution in [1.82, 2.24) is 0 Å². The van der Waals surface area contributed by atoms with Gasteiger partial charge in [0.15, 0.2) is 5.78 Å². The fraction of sp³-hybridized carbons (Fsp3) is 0.562. The number of rotatable bonds is 5. The Bertz CT molecular complexity index is 388. The summed E-state index contributed by atoms with van der Waals surface area (Å²) in [7, 11) is 0. The Morgan fingerprint density at radius 2 is 2.00 bits per heavy atom. The van der Waals surface area contributed by atoms with Crippen molar-refractivity contribution in [3.8, 4) is 0 Å². The van der Waals surface area contributed by atoms with Gasteiger partial charge in [0.05, 0.1) is 0 Å². The van der Waals surface area contributed by atoms with Crippen LogP contribution in [0.4, 0.5) is 0 Å². The number of Topliss-reactive ketones (excluding diaryl/α,β-unsaturated/α-hetero) is 1. The Morgan fingerprint density at radius 3 is 2.59 bits per heavy atom. The van der Waals surface area contributed by atoms with Crippen molar-refractivity contribution in [1.29, 1.82) is 0 Å². The maximum atomic E-state index is 12.2. The van der Waals surface area contributed by atoms with Gasteiger partial charge in [0.1, 0.15) is 0 Å². The van der Waals surface area contributed by atoms with Gasteiger partial charge in [-0.2, -0.15) is 0 Å². The molecule has 0 saturated heterocycles. The Morgan fingerprint density at radius 1 is 1.29 bits per heavy atom. The summed E-state index contributed by atoms with van der Waals surface area (Å²) in [5, 5.41) is 0. The maximum absolute atomic E-state index is 12.2. The monoisotopic (exact) mass is 230 g/mol. The van der Waals surface area contributed by atoms with Crippen molar-refractivity contribution < 1.29 is 4.79 Å². The van der Waals surface area contributed by atoms with Gasteiger partial charge in [-0.1, -0.05) is 44.5 Å². The number of benzene rings is 1. The van der Waals surface area contributed by atoms with E-state index in [0.29, 0.717) is 24.0 Å². The van der Waals surface area contributed by atoms with Crippen molar-refractivity contribution >= 4 is 5.78 Å². The van der Waals surface area contributed by atoms with E-state index < -0.39 is 0 Å². The van der Waals surface area contributed by atoms with Crippen LogP contribution in [0.5, 0.6) is 0 Å². The lowest BCUT2D eigenvalue weighted by Crippen LogP contribution is -2.14. The zero-order chi connectivity index (χ0) is 12.3. The van der Waals surface area contributed by atoms with Crippen molar-refractivity contribution in [2.24, 2.45) is 5.92 Å². The van der Waals surface area contributed by atoms with Gasteiger partial charge < -0.3 is 0 Å². The summed E-state index contributed by atoms with van der Waals surface area (Å²) >= 11 is 0. The van der Waals surface area contributed by atoms with E-state index in [0.717, 1.165) is 12.0 Å². The molecule has 92 valence electrons. The molecule has 17 heavy (non-hydrogen) atoms. The number of hydrogen-bond acceptors (Lipinski definition) is 1. The highest BCUT2D eigenvalue weighted by molar-refractivity contribution is 5.97. The molecule has 1 aromatic rings. The molecule has 1 heteroatoms. The second kappa shape index (κ2) is 5.48. The summed E-state index contributed by atoms with van der Waals surface area (Å²) in [5.74, 6) is 1.59. The molecule has 0 aliphatic heterocycles. The SMILES string of the molecule is CC(C)CCC(=O)c1ccccc1C1CCC1. The van der Waals surface area contributed by atoms with E-state index in [-0.39, 0.29) is 0 Å². The topological polar surface area (TPSA) is 17.1 Å². The van der Waals surface area contributed by atoms with E-state index in [1.165, 1.54) is 24.8 Å². The molecule has 0 amide bonds. The van der Waals surface area contributed by atoms with Crippen LogP contribution in [-0.4, -0.2) is 5.78 Å². The molecular weight excluding hydrogens is 208 g/mol. The van der Waals surface area contributed by atoms with Crippen molar-refractivity contribution in [3.05, 3.63) is 35.4 Å². The lowest BCUT2D eigenvalue weighted by atomic mass is 9.77. The Labute approximate surface area is 104 Å². The Hall–Kier alpha value is -1.11. The van der Waals surface area contributed by atoms with Crippen LogP contribution >= 0.6 is 0 Å². The molecule has 1 nitrogen and oxygen atoms in total. The molecule has 1 aliphatic carbocycles. The molecular formula is C16H22O. The molecule has 0 atom stereocenters. The highest BCUT2D eigenvalue weighted by atomic mass is 16.1. The Balaban J connectivity index is 2.10. The number of carbonyl (C=O) groups is 1. The predicted molar refractivity (Wildman–Crippen MR) is 71.4 cm³/mol. The first kappa shape index (κ1) is 12.3.